The first-order valence-electron chi connectivity index (χ1n) is 4.79. The number of aliphatic hydroxyl groups is 1. The second-order valence-electron chi connectivity index (χ2n) is 4.65. The standard InChI is InChI=1S/C10H20O2/c1-7(2)9(10(3,4)11)12-8-5-6-8/h7-9,11H,5-6H2,1-4H3. The Bertz CT molecular complexity index is 142. The van der Waals surface area contributed by atoms with Crippen LogP contribution in [0.5, 0.6) is 0 Å². The van der Waals surface area contributed by atoms with Crippen LogP contribution in [0.25, 0.3) is 0 Å². The molecular weight excluding hydrogens is 152 g/mol. The van der Waals surface area contributed by atoms with Gasteiger partial charge < -0.3 is 9.84 Å². The van der Waals surface area contributed by atoms with Gasteiger partial charge in [-0.1, -0.05) is 13.8 Å². The summed E-state index contributed by atoms with van der Waals surface area (Å²) in [5, 5.41) is 9.80. The van der Waals surface area contributed by atoms with Crippen LogP contribution in [0.1, 0.15) is 40.5 Å². The fourth-order valence-electron chi connectivity index (χ4n) is 1.55. The minimum atomic E-state index is -0.712. The van der Waals surface area contributed by atoms with Crippen molar-refractivity contribution in [1.82, 2.24) is 0 Å². The highest BCUT2D eigenvalue weighted by atomic mass is 16.5. The quantitative estimate of drug-likeness (QED) is 0.702. The van der Waals surface area contributed by atoms with E-state index in [0.717, 1.165) is 0 Å². The van der Waals surface area contributed by atoms with Crippen LogP contribution < -0.4 is 0 Å². The molecule has 1 aliphatic rings. The van der Waals surface area contributed by atoms with E-state index in [-0.39, 0.29) is 6.10 Å². The maximum absolute atomic E-state index is 9.80. The van der Waals surface area contributed by atoms with Gasteiger partial charge in [0.1, 0.15) is 0 Å². The molecule has 0 aromatic carbocycles. The Morgan fingerprint density at radius 2 is 1.83 bits per heavy atom. The zero-order valence-corrected chi connectivity index (χ0v) is 8.50. The van der Waals surface area contributed by atoms with Crippen molar-refractivity contribution in [3.05, 3.63) is 0 Å². The van der Waals surface area contributed by atoms with Gasteiger partial charge in [-0.25, -0.2) is 0 Å². The van der Waals surface area contributed by atoms with Crippen molar-refractivity contribution >= 4 is 0 Å². The van der Waals surface area contributed by atoms with Gasteiger partial charge in [0.25, 0.3) is 0 Å². The van der Waals surface area contributed by atoms with Crippen LogP contribution in [0.3, 0.4) is 0 Å². The molecule has 1 rings (SSSR count). The van der Waals surface area contributed by atoms with E-state index in [2.05, 4.69) is 13.8 Å². The summed E-state index contributed by atoms with van der Waals surface area (Å²) in [5.74, 6) is 0.380. The van der Waals surface area contributed by atoms with Crippen LogP contribution in [0.2, 0.25) is 0 Å². The molecule has 0 heterocycles. The number of hydrogen-bond donors (Lipinski definition) is 1. The Balaban J connectivity index is 2.47. The second-order valence-corrected chi connectivity index (χ2v) is 4.65. The van der Waals surface area contributed by atoms with Gasteiger partial charge in [0.05, 0.1) is 17.8 Å². The van der Waals surface area contributed by atoms with Crippen LogP contribution in [0.15, 0.2) is 0 Å². The molecule has 1 unspecified atom stereocenters. The molecule has 2 heteroatoms. The van der Waals surface area contributed by atoms with Gasteiger partial charge >= 0.3 is 0 Å². The molecule has 1 saturated carbocycles. The lowest BCUT2D eigenvalue weighted by atomic mass is 9.92. The molecule has 0 amide bonds. The smallest absolute Gasteiger partial charge is 0.0883 e. The predicted octanol–water partition coefficient (Wildman–Crippen LogP) is 1.96. The molecule has 12 heavy (non-hydrogen) atoms. The molecule has 2 nitrogen and oxygen atoms in total. The van der Waals surface area contributed by atoms with Crippen LogP contribution in [0.4, 0.5) is 0 Å². The maximum Gasteiger partial charge on any atom is 0.0883 e. The maximum atomic E-state index is 9.80. The molecule has 1 aliphatic carbocycles. The van der Waals surface area contributed by atoms with Crippen LogP contribution >= 0.6 is 0 Å². The van der Waals surface area contributed by atoms with Gasteiger partial charge in [-0.3, -0.25) is 0 Å². The Morgan fingerprint density at radius 3 is 2.08 bits per heavy atom. The summed E-state index contributed by atoms with van der Waals surface area (Å²) in [4.78, 5) is 0. The lowest BCUT2D eigenvalue weighted by molar-refractivity contribution is -0.115. The summed E-state index contributed by atoms with van der Waals surface area (Å²) in [6.07, 6.45) is 2.73. The van der Waals surface area contributed by atoms with Crippen LogP contribution in [0, 0.1) is 5.92 Å². The van der Waals surface area contributed by atoms with Crippen molar-refractivity contribution in [3.8, 4) is 0 Å². The summed E-state index contributed by atoms with van der Waals surface area (Å²) < 4.78 is 5.74. The summed E-state index contributed by atoms with van der Waals surface area (Å²) >= 11 is 0. The normalized spacial score (nSPS) is 21.5. The zero-order valence-electron chi connectivity index (χ0n) is 8.50. The largest absolute Gasteiger partial charge is 0.388 e. The molecule has 0 radical (unpaired) electrons. The molecule has 0 aromatic heterocycles. The predicted molar refractivity (Wildman–Crippen MR) is 49.0 cm³/mol. The van der Waals surface area contributed by atoms with Gasteiger partial charge in [0.2, 0.25) is 0 Å². The summed E-state index contributed by atoms with van der Waals surface area (Å²) in [7, 11) is 0. The van der Waals surface area contributed by atoms with Gasteiger partial charge in [-0.2, -0.15) is 0 Å². The molecule has 0 aromatic rings. The van der Waals surface area contributed by atoms with E-state index >= 15 is 0 Å². The van der Waals surface area contributed by atoms with Crippen molar-refractivity contribution in [2.45, 2.75) is 58.3 Å². The van der Waals surface area contributed by atoms with Crippen LogP contribution in [-0.4, -0.2) is 22.9 Å². The third-order valence-electron chi connectivity index (χ3n) is 2.17. The Hall–Kier alpha value is -0.0800. The second kappa shape index (κ2) is 3.35. The Labute approximate surface area is 74.9 Å². The lowest BCUT2D eigenvalue weighted by Crippen LogP contribution is -2.42. The fourth-order valence-corrected chi connectivity index (χ4v) is 1.55. The van der Waals surface area contributed by atoms with E-state index < -0.39 is 5.60 Å². The monoisotopic (exact) mass is 172 g/mol. The first-order chi connectivity index (χ1) is 5.41. The molecule has 1 fully saturated rings. The van der Waals surface area contributed by atoms with Crippen molar-refractivity contribution < 1.29 is 9.84 Å². The molecular formula is C10H20O2. The van der Waals surface area contributed by atoms with E-state index in [1.54, 1.807) is 0 Å². The SMILES string of the molecule is CC(C)C(OC1CC1)C(C)(C)O. The van der Waals surface area contributed by atoms with Gasteiger partial charge in [0, 0.05) is 0 Å². The highest BCUT2D eigenvalue weighted by Crippen LogP contribution is 2.31. The third-order valence-corrected chi connectivity index (χ3v) is 2.17. The first kappa shape index (κ1) is 10.0. The first-order valence-corrected chi connectivity index (χ1v) is 4.79. The van der Waals surface area contributed by atoms with Crippen LogP contribution in [-0.2, 0) is 4.74 Å². The van der Waals surface area contributed by atoms with E-state index in [1.807, 2.05) is 13.8 Å². The van der Waals surface area contributed by atoms with Gasteiger partial charge in [-0.05, 0) is 32.6 Å². The molecule has 0 saturated heterocycles. The lowest BCUT2D eigenvalue weighted by Gasteiger charge is -2.32. The van der Waals surface area contributed by atoms with Gasteiger partial charge in [-0.15, -0.1) is 0 Å². The minimum absolute atomic E-state index is 0.0231. The van der Waals surface area contributed by atoms with Crippen molar-refractivity contribution in [3.63, 3.8) is 0 Å². The van der Waals surface area contributed by atoms with E-state index in [1.165, 1.54) is 12.8 Å². The Kier molecular flexibility index (Phi) is 2.79. The molecule has 0 bridgehead atoms. The van der Waals surface area contributed by atoms with Crippen molar-refractivity contribution in [2.24, 2.45) is 5.92 Å². The topological polar surface area (TPSA) is 29.5 Å². The van der Waals surface area contributed by atoms with Gasteiger partial charge in [0.15, 0.2) is 0 Å². The fraction of sp³-hybridized carbons (Fsp3) is 1.00. The van der Waals surface area contributed by atoms with E-state index in [0.29, 0.717) is 12.0 Å². The number of hydrogen-bond acceptors (Lipinski definition) is 2. The molecule has 0 spiro atoms. The molecule has 1 atom stereocenters. The summed E-state index contributed by atoms with van der Waals surface area (Å²) in [5.41, 5.74) is -0.712. The number of ether oxygens (including phenoxy) is 1. The highest BCUT2D eigenvalue weighted by molar-refractivity contribution is 4.85. The van der Waals surface area contributed by atoms with Crippen molar-refractivity contribution in [1.29, 1.82) is 0 Å². The molecule has 72 valence electrons. The third kappa shape index (κ3) is 2.76. The average Bonchev–Trinajstić information content (AvgIpc) is 2.61. The number of rotatable bonds is 4. The Morgan fingerprint density at radius 1 is 1.33 bits per heavy atom. The molecule has 1 N–H and O–H groups in total. The average molecular weight is 172 g/mol. The zero-order chi connectivity index (χ0) is 9.35. The minimum Gasteiger partial charge on any atom is -0.388 e. The highest BCUT2D eigenvalue weighted by Gasteiger charge is 2.35. The molecule has 0 aliphatic heterocycles. The summed E-state index contributed by atoms with van der Waals surface area (Å²) in [6, 6.07) is 0. The summed E-state index contributed by atoms with van der Waals surface area (Å²) in [6.45, 7) is 7.82. The van der Waals surface area contributed by atoms with E-state index in [9.17, 15) is 5.11 Å². The van der Waals surface area contributed by atoms with E-state index in [4.69, 9.17) is 4.74 Å². The van der Waals surface area contributed by atoms with Crippen molar-refractivity contribution in [2.75, 3.05) is 0 Å².